The van der Waals surface area contributed by atoms with Gasteiger partial charge in [0.15, 0.2) is 0 Å². The van der Waals surface area contributed by atoms with Crippen molar-refractivity contribution in [3.05, 3.63) is 114 Å². The molecule has 7 nitrogen and oxygen atoms in total. The summed E-state index contributed by atoms with van der Waals surface area (Å²) in [7, 11) is 1.61. The van der Waals surface area contributed by atoms with Gasteiger partial charge < -0.3 is 19.1 Å². The molecule has 6 aromatic rings. The Labute approximate surface area is 290 Å². The summed E-state index contributed by atoms with van der Waals surface area (Å²) >= 11 is 1.78. The molecule has 6 rings (SSSR count). The van der Waals surface area contributed by atoms with Gasteiger partial charge in [-0.1, -0.05) is 49.7 Å². The van der Waals surface area contributed by atoms with Crippen molar-refractivity contribution >= 4 is 39.5 Å². The SMILES string of the molecule is CCCCSc1c(CC(C)(C)C(=O)O)n(Cc2ccc(-c3cccc(OC)n3)cc2)c2ccc(OCc3ccc4cc(F)ccc4n3)cc12. The molecule has 0 saturated heterocycles. The molecule has 49 heavy (non-hydrogen) atoms. The summed E-state index contributed by atoms with van der Waals surface area (Å²) in [6, 6.07) is 28.4. The van der Waals surface area contributed by atoms with Gasteiger partial charge in [-0.25, -0.2) is 14.4 Å². The van der Waals surface area contributed by atoms with Gasteiger partial charge >= 0.3 is 5.97 Å². The van der Waals surface area contributed by atoms with Gasteiger partial charge in [-0.15, -0.1) is 11.8 Å². The minimum atomic E-state index is -0.974. The van der Waals surface area contributed by atoms with Crippen LogP contribution in [0.1, 0.15) is 50.6 Å². The summed E-state index contributed by atoms with van der Waals surface area (Å²) < 4.78 is 27.5. The molecule has 3 aromatic carbocycles. The van der Waals surface area contributed by atoms with Crippen LogP contribution in [-0.2, 0) is 24.4 Å². The first kappa shape index (κ1) is 34.0. The van der Waals surface area contributed by atoms with E-state index in [9.17, 15) is 14.3 Å². The van der Waals surface area contributed by atoms with Crippen LogP contribution in [0, 0.1) is 11.2 Å². The number of halogens is 1. The lowest BCUT2D eigenvalue weighted by atomic mass is 9.88. The van der Waals surface area contributed by atoms with Crippen LogP contribution in [0.25, 0.3) is 33.1 Å². The molecule has 0 atom stereocenters. The zero-order valence-electron chi connectivity index (χ0n) is 28.2. The average molecular weight is 678 g/mol. The highest BCUT2D eigenvalue weighted by atomic mass is 32.2. The van der Waals surface area contributed by atoms with E-state index in [1.807, 2.05) is 36.4 Å². The summed E-state index contributed by atoms with van der Waals surface area (Å²) in [6.07, 6.45) is 2.48. The van der Waals surface area contributed by atoms with Crippen LogP contribution in [0.5, 0.6) is 11.6 Å². The van der Waals surface area contributed by atoms with Crippen molar-refractivity contribution in [2.45, 2.75) is 58.1 Å². The number of ether oxygens (including phenoxy) is 2. The van der Waals surface area contributed by atoms with E-state index >= 15 is 0 Å². The zero-order chi connectivity index (χ0) is 34.5. The molecule has 0 radical (unpaired) electrons. The molecule has 0 unspecified atom stereocenters. The van der Waals surface area contributed by atoms with E-state index in [-0.39, 0.29) is 12.4 Å². The number of aliphatic carboxylic acids is 1. The van der Waals surface area contributed by atoms with Crippen molar-refractivity contribution < 1.29 is 23.8 Å². The number of hydrogen-bond acceptors (Lipinski definition) is 6. The predicted molar refractivity (Wildman–Crippen MR) is 194 cm³/mol. The van der Waals surface area contributed by atoms with Crippen LogP contribution in [-0.4, -0.2) is 38.5 Å². The minimum Gasteiger partial charge on any atom is -0.487 e. The number of carbonyl (C=O) groups is 1. The molecule has 3 heterocycles. The van der Waals surface area contributed by atoms with Crippen molar-refractivity contribution in [3.63, 3.8) is 0 Å². The number of pyridine rings is 2. The number of carboxylic acids is 1. The summed E-state index contributed by atoms with van der Waals surface area (Å²) in [4.78, 5) is 22.7. The number of benzene rings is 3. The fourth-order valence-electron chi connectivity index (χ4n) is 5.80. The van der Waals surface area contributed by atoms with Gasteiger partial charge in [-0.2, -0.15) is 0 Å². The number of rotatable bonds is 14. The Hall–Kier alpha value is -4.89. The monoisotopic (exact) mass is 677 g/mol. The molecule has 0 aliphatic rings. The van der Waals surface area contributed by atoms with E-state index in [2.05, 4.69) is 57.9 Å². The molecule has 3 aromatic heterocycles. The molecule has 0 bridgehead atoms. The molecule has 0 saturated carbocycles. The maximum Gasteiger partial charge on any atom is 0.309 e. The second-order valence-corrected chi connectivity index (χ2v) is 13.9. The van der Waals surface area contributed by atoms with E-state index < -0.39 is 11.4 Å². The van der Waals surface area contributed by atoms with Crippen molar-refractivity contribution in [1.82, 2.24) is 14.5 Å². The van der Waals surface area contributed by atoms with Gasteiger partial charge in [0.2, 0.25) is 5.88 Å². The number of hydrogen-bond donors (Lipinski definition) is 1. The average Bonchev–Trinajstić information content (AvgIpc) is 3.37. The van der Waals surface area contributed by atoms with Crippen LogP contribution in [0.3, 0.4) is 0 Å². The van der Waals surface area contributed by atoms with Gasteiger partial charge in [0, 0.05) is 51.5 Å². The highest BCUT2D eigenvalue weighted by Crippen LogP contribution is 2.40. The van der Waals surface area contributed by atoms with E-state index in [0.717, 1.165) is 68.0 Å². The Kier molecular flexibility index (Phi) is 10.2. The standard InChI is InChI=1S/C40H40FN3O4S/c1-5-6-20-49-38-32-22-31(48-25-30-16-14-28-21-29(41)15-18-34(28)42-30)17-19-35(32)44(36(38)23-40(2,3)39(45)46)24-26-10-12-27(13-11-26)33-8-7-9-37(43-33)47-4/h7-19,21-22H,5-6,20,23-25H2,1-4H3,(H,45,46). The number of unbranched alkanes of at least 4 members (excludes halogenated alkanes) is 1. The molecule has 0 spiro atoms. The first-order chi connectivity index (χ1) is 23.6. The van der Waals surface area contributed by atoms with E-state index in [0.29, 0.717) is 30.1 Å². The Bertz CT molecular complexity index is 2110. The second kappa shape index (κ2) is 14.7. The van der Waals surface area contributed by atoms with E-state index in [1.165, 1.54) is 12.1 Å². The fourth-order valence-corrected chi connectivity index (χ4v) is 7.11. The number of nitrogens with zero attached hydrogens (tertiary/aromatic N) is 3. The van der Waals surface area contributed by atoms with Crippen LogP contribution in [0.2, 0.25) is 0 Å². The zero-order valence-corrected chi connectivity index (χ0v) is 29.0. The predicted octanol–water partition coefficient (Wildman–Crippen LogP) is 9.57. The molecule has 1 N–H and O–H groups in total. The third-order valence-corrected chi connectivity index (χ3v) is 9.88. The van der Waals surface area contributed by atoms with Crippen molar-refractivity contribution in [1.29, 1.82) is 0 Å². The number of methoxy groups -OCH3 is 1. The highest BCUT2D eigenvalue weighted by Gasteiger charge is 2.31. The third kappa shape index (κ3) is 7.73. The van der Waals surface area contributed by atoms with Crippen molar-refractivity contribution in [2.24, 2.45) is 5.41 Å². The number of thioether (sulfide) groups is 1. The number of aromatic nitrogens is 3. The van der Waals surface area contributed by atoms with Gasteiger partial charge in [-0.05, 0) is 80.1 Å². The largest absolute Gasteiger partial charge is 0.487 e. The normalized spacial score (nSPS) is 11.7. The maximum absolute atomic E-state index is 13.7. The smallest absolute Gasteiger partial charge is 0.309 e. The molecular formula is C40H40FN3O4S. The lowest BCUT2D eigenvalue weighted by molar-refractivity contribution is -0.146. The number of fused-ring (bicyclic) bond motifs is 2. The lowest BCUT2D eigenvalue weighted by Crippen LogP contribution is -2.27. The van der Waals surface area contributed by atoms with Crippen LogP contribution in [0.4, 0.5) is 4.39 Å². The lowest BCUT2D eigenvalue weighted by Gasteiger charge is -2.22. The quantitative estimate of drug-likeness (QED) is 0.0908. The second-order valence-electron chi connectivity index (χ2n) is 12.8. The molecule has 0 amide bonds. The van der Waals surface area contributed by atoms with Crippen LogP contribution in [0.15, 0.2) is 95.9 Å². The summed E-state index contributed by atoms with van der Waals surface area (Å²) in [6.45, 7) is 6.57. The molecule has 0 aliphatic heterocycles. The molecule has 0 aliphatic carbocycles. The van der Waals surface area contributed by atoms with Gasteiger partial charge in [0.1, 0.15) is 18.2 Å². The van der Waals surface area contributed by atoms with Crippen molar-refractivity contribution in [3.8, 4) is 22.9 Å². The Balaban J connectivity index is 1.37. The Morgan fingerprint density at radius 1 is 0.980 bits per heavy atom. The van der Waals surface area contributed by atoms with E-state index in [1.54, 1.807) is 38.8 Å². The van der Waals surface area contributed by atoms with E-state index in [4.69, 9.17) is 9.47 Å². The van der Waals surface area contributed by atoms with Gasteiger partial charge in [0.05, 0.1) is 29.4 Å². The Morgan fingerprint density at radius 2 is 1.80 bits per heavy atom. The van der Waals surface area contributed by atoms with Crippen molar-refractivity contribution in [2.75, 3.05) is 12.9 Å². The molecule has 9 heteroatoms. The topological polar surface area (TPSA) is 86.5 Å². The highest BCUT2D eigenvalue weighted by molar-refractivity contribution is 7.99. The van der Waals surface area contributed by atoms with Crippen LogP contribution >= 0.6 is 11.8 Å². The maximum atomic E-state index is 13.7. The van der Waals surface area contributed by atoms with Gasteiger partial charge in [0.25, 0.3) is 0 Å². The first-order valence-electron chi connectivity index (χ1n) is 16.4. The minimum absolute atomic E-state index is 0.255. The van der Waals surface area contributed by atoms with Gasteiger partial charge in [-0.3, -0.25) is 4.79 Å². The number of carboxylic acid groups (broad SMARTS) is 1. The first-order valence-corrected chi connectivity index (χ1v) is 17.4. The Morgan fingerprint density at radius 3 is 2.55 bits per heavy atom. The molecular weight excluding hydrogens is 638 g/mol. The summed E-state index contributed by atoms with van der Waals surface area (Å²) in [5.41, 5.74) is 5.40. The fraction of sp³-hybridized carbons (Fsp3) is 0.275. The molecule has 0 fully saturated rings. The summed E-state index contributed by atoms with van der Waals surface area (Å²) in [5, 5.41) is 11.9. The summed E-state index contributed by atoms with van der Waals surface area (Å²) in [5.74, 6) is 1.05. The molecule has 252 valence electrons. The third-order valence-electron chi connectivity index (χ3n) is 8.64. The van der Waals surface area contributed by atoms with Crippen LogP contribution < -0.4 is 9.47 Å².